The Bertz CT molecular complexity index is 781. The van der Waals surface area contributed by atoms with Crippen molar-refractivity contribution in [2.24, 2.45) is 11.8 Å². The first-order chi connectivity index (χ1) is 13.0. The largest absolute Gasteiger partial charge is 0.505 e. The molecular formula is C22H25F2NO2. The van der Waals surface area contributed by atoms with Crippen LogP contribution in [-0.4, -0.2) is 35.7 Å². The van der Waals surface area contributed by atoms with E-state index in [1.807, 2.05) is 0 Å². The monoisotopic (exact) mass is 373 g/mol. The molecule has 1 saturated heterocycles. The van der Waals surface area contributed by atoms with Crippen molar-refractivity contribution in [1.82, 2.24) is 4.90 Å². The fourth-order valence-corrected chi connectivity index (χ4v) is 4.61. The van der Waals surface area contributed by atoms with E-state index < -0.39 is 5.82 Å². The molecular weight excluding hydrogens is 348 g/mol. The normalized spacial score (nSPS) is 26.1. The number of nitrogens with zero attached hydrogens (tertiary/aromatic N) is 1. The molecule has 2 aliphatic rings. The van der Waals surface area contributed by atoms with Gasteiger partial charge in [0.15, 0.2) is 11.6 Å². The van der Waals surface area contributed by atoms with E-state index in [0.717, 1.165) is 43.8 Å². The molecule has 1 N–H and O–H groups in total. The Morgan fingerprint density at radius 1 is 1.07 bits per heavy atom. The zero-order chi connectivity index (χ0) is 19.0. The third kappa shape index (κ3) is 4.08. The molecule has 3 nitrogen and oxygen atoms in total. The summed E-state index contributed by atoms with van der Waals surface area (Å²) in [5.74, 6) is 1.10. The van der Waals surface area contributed by atoms with Gasteiger partial charge in [-0.25, -0.2) is 8.78 Å². The van der Waals surface area contributed by atoms with Crippen LogP contribution in [-0.2, 0) is 0 Å². The van der Waals surface area contributed by atoms with Crippen LogP contribution in [0.25, 0.3) is 0 Å². The Kier molecular flexibility index (Phi) is 5.04. The summed E-state index contributed by atoms with van der Waals surface area (Å²) in [4.78, 5) is 2.46. The van der Waals surface area contributed by atoms with Gasteiger partial charge in [-0.3, -0.25) is 0 Å². The fraction of sp³-hybridized carbons (Fsp3) is 0.455. The Labute approximate surface area is 158 Å². The molecule has 0 radical (unpaired) electrons. The van der Waals surface area contributed by atoms with Crippen molar-refractivity contribution in [2.45, 2.75) is 31.8 Å². The Morgan fingerprint density at radius 2 is 1.74 bits per heavy atom. The number of ether oxygens (including phenoxy) is 1. The van der Waals surface area contributed by atoms with Gasteiger partial charge in [0.2, 0.25) is 0 Å². The Hall–Kier alpha value is -2.14. The molecule has 2 aromatic carbocycles. The van der Waals surface area contributed by atoms with E-state index in [1.165, 1.54) is 24.3 Å². The van der Waals surface area contributed by atoms with Gasteiger partial charge in [-0.05, 0) is 72.6 Å². The highest BCUT2D eigenvalue weighted by Gasteiger charge is 2.42. The zero-order valence-corrected chi connectivity index (χ0v) is 15.4. The quantitative estimate of drug-likeness (QED) is 0.834. The minimum Gasteiger partial charge on any atom is -0.505 e. The average Bonchev–Trinajstić information content (AvgIpc) is 3.17. The van der Waals surface area contributed by atoms with Crippen LogP contribution in [0.1, 0.15) is 31.2 Å². The molecule has 1 aliphatic heterocycles. The average molecular weight is 373 g/mol. The molecule has 5 heteroatoms. The van der Waals surface area contributed by atoms with Crippen LogP contribution in [0.4, 0.5) is 8.78 Å². The van der Waals surface area contributed by atoms with E-state index in [2.05, 4.69) is 11.8 Å². The van der Waals surface area contributed by atoms with E-state index in [4.69, 9.17) is 4.74 Å². The van der Waals surface area contributed by atoms with Crippen LogP contribution < -0.4 is 4.74 Å². The van der Waals surface area contributed by atoms with Gasteiger partial charge in [0, 0.05) is 19.6 Å². The van der Waals surface area contributed by atoms with Gasteiger partial charge < -0.3 is 14.7 Å². The smallest absolute Gasteiger partial charge is 0.165 e. The van der Waals surface area contributed by atoms with Crippen molar-refractivity contribution in [1.29, 1.82) is 0 Å². The first-order valence-corrected chi connectivity index (χ1v) is 9.61. The fourth-order valence-electron chi connectivity index (χ4n) is 4.61. The molecule has 1 saturated carbocycles. The molecule has 2 fully saturated rings. The first kappa shape index (κ1) is 18.2. The lowest BCUT2D eigenvalue weighted by molar-refractivity contribution is 0.184. The van der Waals surface area contributed by atoms with Crippen LogP contribution in [0.15, 0.2) is 42.5 Å². The van der Waals surface area contributed by atoms with Crippen LogP contribution >= 0.6 is 0 Å². The second-order valence-electron chi connectivity index (χ2n) is 8.02. The van der Waals surface area contributed by atoms with Gasteiger partial charge >= 0.3 is 0 Å². The molecule has 0 spiro atoms. The van der Waals surface area contributed by atoms with E-state index in [9.17, 15) is 13.9 Å². The maximum Gasteiger partial charge on any atom is 0.165 e. The van der Waals surface area contributed by atoms with E-state index >= 15 is 0 Å². The number of rotatable bonds is 5. The van der Waals surface area contributed by atoms with Crippen molar-refractivity contribution in [3.05, 3.63) is 59.7 Å². The minimum atomic E-state index is -0.557. The Balaban J connectivity index is 1.29. The second-order valence-corrected chi connectivity index (χ2v) is 8.02. The van der Waals surface area contributed by atoms with Gasteiger partial charge in [-0.1, -0.05) is 13.0 Å². The summed E-state index contributed by atoms with van der Waals surface area (Å²) in [7, 11) is 0. The highest BCUT2D eigenvalue weighted by Crippen LogP contribution is 2.40. The lowest BCUT2D eigenvalue weighted by atomic mass is 10.0. The number of phenols is 1. The van der Waals surface area contributed by atoms with Crippen LogP contribution in [0.5, 0.6) is 11.5 Å². The molecule has 1 aliphatic carbocycles. The summed E-state index contributed by atoms with van der Waals surface area (Å²) in [5.41, 5.74) is 0.917. The summed E-state index contributed by atoms with van der Waals surface area (Å²) in [6.45, 7) is 5.07. The number of likely N-dealkylation sites (tertiary alicyclic amines) is 1. The molecule has 0 bridgehead atoms. The highest BCUT2D eigenvalue weighted by atomic mass is 19.1. The molecule has 0 amide bonds. The molecule has 4 atom stereocenters. The lowest BCUT2D eigenvalue weighted by Gasteiger charge is -2.23. The summed E-state index contributed by atoms with van der Waals surface area (Å²) in [5, 5.41) is 9.35. The minimum absolute atomic E-state index is 0.205. The standard InChI is InChI=1S/C22H25F2NO2/c1-14(15-2-7-22(26)21(24)10-15)11-25-12-16-8-20(9-17(16)13-25)27-19-5-3-18(23)4-6-19/h2-7,10,14,16-17,20,26H,8-9,11-13H2,1H3/t14?,16-,17+,20-. The topological polar surface area (TPSA) is 32.7 Å². The predicted octanol–water partition coefficient (Wildman–Crippen LogP) is 4.56. The lowest BCUT2D eigenvalue weighted by Crippen LogP contribution is -2.28. The number of benzene rings is 2. The van der Waals surface area contributed by atoms with Gasteiger partial charge in [0.25, 0.3) is 0 Å². The third-order valence-electron chi connectivity index (χ3n) is 5.97. The number of hydrogen-bond donors (Lipinski definition) is 1. The first-order valence-electron chi connectivity index (χ1n) is 9.61. The molecule has 1 unspecified atom stereocenters. The van der Waals surface area contributed by atoms with Crippen molar-refractivity contribution in [2.75, 3.05) is 19.6 Å². The SMILES string of the molecule is CC(CN1C[C@H]2C[C@@H](Oc3ccc(F)cc3)C[C@H]2C1)c1ccc(O)c(F)c1. The molecule has 1 heterocycles. The highest BCUT2D eigenvalue weighted by molar-refractivity contribution is 5.30. The summed E-state index contributed by atoms with van der Waals surface area (Å²) in [6.07, 6.45) is 2.26. The summed E-state index contributed by atoms with van der Waals surface area (Å²) in [6, 6.07) is 10.9. The van der Waals surface area contributed by atoms with Crippen molar-refractivity contribution in [3.8, 4) is 11.5 Å². The van der Waals surface area contributed by atoms with Gasteiger partial charge in [0.1, 0.15) is 11.6 Å². The van der Waals surface area contributed by atoms with Gasteiger partial charge in [-0.15, -0.1) is 0 Å². The van der Waals surface area contributed by atoms with Crippen molar-refractivity contribution < 1.29 is 18.6 Å². The number of phenolic OH excluding ortho intramolecular Hbond substituents is 1. The zero-order valence-electron chi connectivity index (χ0n) is 15.4. The van der Waals surface area contributed by atoms with Crippen LogP contribution in [0, 0.1) is 23.5 Å². The van der Waals surface area contributed by atoms with Crippen LogP contribution in [0.2, 0.25) is 0 Å². The number of halogens is 2. The molecule has 2 aromatic rings. The summed E-state index contributed by atoms with van der Waals surface area (Å²) >= 11 is 0. The number of hydrogen-bond acceptors (Lipinski definition) is 3. The second kappa shape index (κ2) is 7.47. The maximum atomic E-state index is 13.6. The summed E-state index contributed by atoms with van der Waals surface area (Å²) < 4.78 is 32.6. The molecule has 4 rings (SSSR count). The number of aromatic hydroxyl groups is 1. The molecule has 144 valence electrons. The van der Waals surface area contributed by atoms with E-state index in [-0.39, 0.29) is 23.6 Å². The van der Waals surface area contributed by atoms with Gasteiger partial charge in [-0.2, -0.15) is 0 Å². The van der Waals surface area contributed by atoms with E-state index in [0.29, 0.717) is 11.8 Å². The molecule has 27 heavy (non-hydrogen) atoms. The predicted molar refractivity (Wildman–Crippen MR) is 99.9 cm³/mol. The van der Waals surface area contributed by atoms with Crippen molar-refractivity contribution in [3.63, 3.8) is 0 Å². The Morgan fingerprint density at radius 3 is 2.37 bits per heavy atom. The van der Waals surface area contributed by atoms with Crippen LogP contribution in [0.3, 0.4) is 0 Å². The number of fused-ring (bicyclic) bond motifs is 1. The maximum absolute atomic E-state index is 13.6. The van der Waals surface area contributed by atoms with E-state index in [1.54, 1.807) is 18.2 Å². The van der Waals surface area contributed by atoms with Crippen molar-refractivity contribution >= 4 is 0 Å². The van der Waals surface area contributed by atoms with Gasteiger partial charge in [0.05, 0.1) is 6.10 Å². The molecule has 0 aromatic heterocycles. The third-order valence-corrected chi connectivity index (χ3v) is 5.97.